The zero-order valence-corrected chi connectivity index (χ0v) is 18.9. The van der Waals surface area contributed by atoms with Gasteiger partial charge in [-0.3, -0.25) is 9.52 Å². The topological polar surface area (TPSA) is 99.5 Å². The number of nitrogens with one attached hydrogen (secondary N) is 1. The fraction of sp³-hybridized carbons (Fsp3) is 0.200. The highest BCUT2D eigenvalue weighted by Gasteiger charge is 2.28. The third-order valence-corrected chi connectivity index (χ3v) is 6.89. The van der Waals surface area contributed by atoms with Crippen LogP contribution in [0.4, 0.5) is 5.69 Å². The Hall–Kier alpha value is -3.83. The Labute approximate surface area is 193 Å². The van der Waals surface area contributed by atoms with E-state index in [9.17, 15) is 18.5 Å². The van der Waals surface area contributed by atoms with Gasteiger partial charge >= 0.3 is 0 Å². The molecule has 1 atom stereocenters. The molecule has 0 saturated carbocycles. The van der Waals surface area contributed by atoms with Gasteiger partial charge in [-0.25, -0.2) is 8.42 Å². The maximum absolute atomic E-state index is 12.9. The van der Waals surface area contributed by atoms with Gasteiger partial charge in [0.2, 0.25) is 0 Å². The Morgan fingerprint density at radius 3 is 2.58 bits per heavy atom. The molecule has 8 heteroatoms. The van der Waals surface area contributed by atoms with Gasteiger partial charge in [-0.1, -0.05) is 42.5 Å². The molecular weight excluding hydrogens is 438 g/mol. The number of amides is 1. The van der Waals surface area contributed by atoms with Crippen molar-refractivity contribution < 1.29 is 17.9 Å². The number of ether oxygens (including phenoxy) is 1. The zero-order valence-electron chi connectivity index (χ0n) is 18.1. The van der Waals surface area contributed by atoms with E-state index in [1.165, 1.54) is 12.1 Å². The smallest absolute Gasteiger partial charge is 0.263 e. The first-order chi connectivity index (χ1) is 15.9. The fourth-order valence-electron chi connectivity index (χ4n) is 3.76. The molecule has 0 aromatic heterocycles. The van der Waals surface area contributed by atoms with Crippen molar-refractivity contribution in [3.05, 3.63) is 89.5 Å². The first-order valence-corrected chi connectivity index (χ1v) is 12.0. The lowest BCUT2D eigenvalue weighted by atomic mass is 10.1. The lowest BCUT2D eigenvalue weighted by molar-refractivity contribution is -0.137. The van der Waals surface area contributed by atoms with Crippen molar-refractivity contribution in [3.8, 4) is 11.8 Å². The third kappa shape index (κ3) is 4.99. The summed E-state index contributed by atoms with van der Waals surface area (Å²) in [5, 5.41) is 9.25. The Morgan fingerprint density at radius 1 is 1.09 bits per heavy atom. The molecule has 1 aliphatic rings. The minimum absolute atomic E-state index is 0.0644. The average Bonchev–Trinajstić information content (AvgIpc) is 2.94. The predicted octanol–water partition coefficient (Wildman–Crippen LogP) is 3.71. The summed E-state index contributed by atoms with van der Waals surface area (Å²) >= 11 is 0. The number of nitrogens with zero attached hydrogens (tertiary/aromatic N) is 2. The molecule has 7 nitrogen and oxygen atoms in total. The normalized spacial score (nSPS) is 15.7. The first-order valence-electron chi connectivity index (χ1n) is 10.5. The summed E-state index contributed by atoms with van der Waals surface area (Å²) in [5.41, 5.74) is 2.22. The highest BCUT2D eigenvalue weighted by Crippen LogP contribution is 2.30. The molecule has 3 aromatic carbocycles. The molecule has 4 rings (SSSR count). The summed E-state index contributed by atoms with van der Waals surface area (Å²) in [6.07, 6.45) is 0.0541. The Kier molecular flexibility index (Phi) is 6.33. The fourth-order valence-corrected chi connectivity index (χ4v) is 4.97. The minimum atomic E-state index is -3.97. The number of fused-ring (bicyclic) bond motifs is 1. The Balaban J connectivity index is 1.58. The molecule has 0 aliphatic carbocycles. The molecule has 1 amide bonds. The number of sulfonamides is 1. The molecule has 3 aromatic rings. The zero-order chi connectivity index (χ0) is 23.4. The van der Waals surface area contributed by atoms with E-state index in [1.807, 2.05) is 36.4 Å². The van der Waals surface area contributed by atoms with Crippen molar-refractivity contribution >= 4 is 21.6 Å². The first kappa shape index (κ1) is 22.4. The van der Waals surface area contributed by atoms with Crippen LogP contribution in [0.3, 0.4) is 0 Å². The van der Waals surface area contributed by atoms with Crippen molar-refractivity contribution in [2.45, 2.75) is 30.9 Å². The quantitative estimate of drug-likeness (QED) is 0.603. The van der Waals surface area contributed by atoms with Crippen molar-refractivity contribution in [2.75, 3.05) is 11.3 Å². The second kappa shape index (κ2) is 9.35. The van der Waals surface area contributed by atoms with E-state index in [2.05, 4.69) is 4.72 Å². The second-order valence-electron chi connectivity index (χ2n) is 7.79. The molecule has 1 aliphatic heterocycles. The van der Waals surface area contributed by atoms with Gasteiger partial charge in [0.25, 0.3) is 15.9 Å². The molecule has 0 fully saturated rings. The highest BCUT2D eigenvalue weighted by atomic mass is 32.2. The van der Waals surface area contributed by atoms with Gasteiger partial charge in [-0.05, 0) is 49.2 Å². The van der Waals surface area contributed by atoms with Gasteiger partial charge in [-0.15, -0.1) is 0 Å². The molecular formula is C25H23N3O4S. The summed E-state index contributed by atoms with van der Waals surface area (Å²) in [6, 6.07) is 22.7. The van der Waals surface area contributed by atoms with Gasteiger partial charge in [-0.2, -0.15) is 5.26 Å². The van der Waals surface area contributed by atoms with Crippen LogP contribution in [-0.2, 0) is 27.8 Å². The number of hydrogen-bond donors (Lipinski definition) is 1. The van der Waals surface area contributed by atoms with Crippen LogP contribution in [0.15, 0.2) is 77.7 Å². The van der Waals surface area contributed by atoms with E-state index in [-0.39, 0.29) is 16.4 Å². The summed E-state index contributed by atoms with van der Waals surface area (Å²) in [5.74, 6) is 0.422. The monoisotopic (exact) mass is 461 g/mol. The molecule has 33 heavy (non-hydrogen) atoms. The predicted molar refractivity (Wildman–Crippen MR) is 124 cm³/mol. The molecule has 168 valence electrons. The van der Waals surface area contributed by atoms with Crippen LogP contribution in [0.5, 0.6) is 5.75 Å². The van der Waals surface area contributed by atoms with Crippen molar-refractivity contribution in [1.29, 1.82) is 5.26 Å². The maximum Gasteiger partial charge on any atom is 0.263 e. The molecule has 1 N–H and O–H groups in total. The summed E-state index contributed by atoms with van der Waals surface area (Å²) in [4.78, 5) is 14.5. The lowest BCUT2D eigenvalue weighted by Crippen LogP contribution is -2.39. The Morgan fingerprint density at radius 2 is 1.82 bits per heavy atom. The van der Waals surface area contributed by atoms with Crippen LogP contribution in [-0.4, -0.2) is 31.9 Å². The van der Waals surface area contributed by atoms with E-state index in [0.717, 1.165) is 5.56 Å². The number of carbonyl (C=O) groups excluding carboxylic acids is 1. The maximum atomic E-state index is 12.9. The van der Waals surface area contributed by atoms with Gasteiger partial charge < -0.3 is 9.64 Å². The second-order valence-corrected chi connectivity index (χ2v) is 9.44. The number of anilines is 1. The van der Waals surface area contributed by atoms with Crippen LogP contribution >= 0.6 is 0 Å². The van der Waals surface area contributed by atoms with Gasteiger partial charge in [0, 0.05) is 24.3 Å². The van der Waals surface area contributed by atoms with Crippen LogP contribution in [0.25, 0.3) is 0 Å². The van der Waals surface area contributed by atoms with E-state index in [4.69, 9.17) is 4.74 Å². The molecule has 1 heterocycles. The molecule has 0 radical (unpaired) electrons. The van der Waals surface area contributed by atoms with Crippen LogP contribution in [0.2, 0.25) is 0 Å². The Bertz CT molecular complexity index is 1320. The highest BCUT2D eigenvalue weighted by molar-refractivity contribution is 7.92. The van der Waals surface area contributed by atoms with Crippen molar-refractivity contribution in [3.63, 3.8) is 0 Å². The summed E-state index contributed by atoms with van der Waals surface area (Å²) in [7, 11) is -3.97. The van der Waals surface area contributed by atoms with Gasteiger partial charge in [0.1, 0.15) is 16.7 Å². The molecule has 1 unspecified atom stereocenters. The number of hydrogen-bond acceptors (Lipinski definition) is 5. The van der Waals surface area contributed by atoms with E-state index >= 15 is 0 Å². The van der Waals surface area contributed by atoms with Crippen molar-refractivity contribution in [1.82, 2.24) is 4.90 Å². The van der Waals surface area contributed by atoms with Crippen LogP contribution in [0, 0.1) is 11.3 Å². The SMILES string of the molecule is CC1Oc2ccc(NS(=O)(=O)c3ccccc3C#N)cc2CN(CCc2ccccc2)C1=O. The summed E-state index contributed by atoms with van der Waals surface area (Å²) < 4.78 is 34.2. The number of nitriles is 1. The lowest BCUT2D eigenvalue weighted by Gasteiger charge is -2.22. The van der Waals surface area contributed by atoms with Gasteiger partial charge in [0.05, 0.1) is 5.56 Å². The van der Waals surface area contributed by atoms with Gasteiger partial charge in [0.15, 0.2) is 6.10 Å². The van der Waals surface area contributed by atoms with E-state index < -0.39 is 16.1 Å². The van der Waals surface area contributed by atoms with Crippen LogP contribution in [0.1, 0.15) is 23.6 Å². The van der Waals surface area contributed by atoms with Crippen LogP contribution < -0.4 is 9.46 Å². The largest absolute Gasteiger partial charge is 0.481 e. The number of rotatable bonds is 6. The van der Waals surface area contributed by atoms with E-state index in [1.54, 1.807) is 42.2 Å². The summed E-state index contributed by atoms with van der Waals surface area (Å²) in [6.45, 7) is 2.53. The number of carbonyl (C=O) groups is 1. The minimum Gasteiger partial charge on any atom is -0.481 e. The van der Waals surface area contributed by atoms with E-state index in [0.29, 0.717) is 36.5 Å². The third-order valence-electron chi connectivity index (χ3n) is 5.45. The molecule has 0 bridgehead atoms. The standard InChI is InChI=1S/C25H23N3O4S/c1-18-25(29)28(14-13-19-7-3-2-4-8-19)17-21-15-22(11-12-23(21)32-18)27-33(30,31)24-10-6-5-9-20(24)16-26/h2-12,15,18,27H,13-14,17H2,1H3. The van der Waals surface area contributed by atoms with Crippen molar-refractivity contribution in [2.24, 2.45) is 0 Å². The molecule has 0 spiro atoms. The average molecular weight is 462 g/mol. The molecule has 0 saturated heterocycles. The number of benzene rings is 3.